The first-order valence-electron chi connectivity index (χ1n) is 10.0. The third-order valence-corrected chi connectivity index (χ3v) is 5.57. The van der Waals surface area contributed by atoms with E-state index in [4.69, 9.17) is 0 Å². The van der Waals surface area contributed by atoms with E-state index in [2.05, 4.69) is 60.4 Å². The Hall–Kier alpha value is -2.98. The minimum atomic E-state index is -0.324. The molecule has 0 bridgehead atoms. The molecule has 0 N–H and O–H groups in total. The molecule has 0 saturated carbocycles. The Morgan fingerprint density at radius 1 is 0.793 bits per heavy atom. The number of piperazine rings is 1. The van der Waals surface area contributed by atoms with Crippen molar-refractivity contribution in [2.45, 2.75) is 13.0 Å². The molecule has 3 aromatic carbocycles. The van der Waals surface area contributed by atoms with Crippen molar-refractivity contribution in [3.05, 3.63) is 107 Å². The van der Waals surface area contributed by atoms with Gasteiger partial charge in [-0.3, -0.25) is 9.69 Å². The Labute approximate surface area is 171 Å². The van der Waals surface area contributed by atoms with Crippen LogP contribution < -0.4 is 0 Å². The lowest BCUT2D eigenvalue weighted by molar-refractivity contribution is 0.0597. The fraction of sp³-hybridized carbons (Fsp3) is 0.240. The summed E-state index contributed by atoms with van der Waals surface area (Å²) in [7, 11) is 0. The molecule has 0 aliphatic carbocycles. The van der Waals surface area contributed by atoms with Gasteiger partial charge in [0.15, 0.2) is 0 Å². The van der Waals surface area contributed by atoms with Crippen molar-refractivity contribution >= 4 is 5.91 Å². The van der Waals surface area contributed by atoms with E-state index in [9.17, 15) is 9.18 Å². The number of carbonyl (C=O) groups excluding carboxylic acids is 1. The zero-order valence-corrected chi connectivity index (χ0v) is 16.6. The number of nitrogens with zero attached hydrogens (tertiary/aromatic N) is 2. The summed E-state index contributed by atoms with van der Waals surface area (Å²) < 4.78 is 13.1. The quantitative estimate of drug-likeness (QED) is 0.648. The number of hydrogen-bond donors (Lipinski definition) is 0. The van der Waals surface area contributed by atoms with Crippen molar-refractivity contribution in [3.63, 3.8) is 0 Å². The largest absolute Gasteiger partial charge is 0.336 e. The fourth-order valence-corrected chi connectivity index (χ4v) is 3.96. The normalized spacial score (nSPS) is 15.9. The first kappa shape index (κ1) is 19.3. The molecule has 3 nitrogen and oxygen atoms in total. The second-order valence-electron chi connectivity index (χ2n) is 7.56. The Morgan fingerprint density at radius 2 is 1.38 bits per heavy atom. The monoisotopic (exact) mass is 388 g/mol. The van der Waals surface area contributed by atoms with Gasteiger partial charge in [0, 0.05) is 31.7 Å². The maximum atomic E-state index is 13.1. The highest BCUT2D eigenvalue weighted by Crippen LogP contribution is 2.30. The molecular formula is C25H25FN2O. The first-order valence-corrected chi connectivity index (χ1v) is 10.0. The Balaban J connectivity index is 1.51. The molecule has 1 amide bonds. The van der Waals surface area contributed by atoms with Crippen molar-refractivity contribution in [1.29, 1.82) is 0 Å². The van der Waals surface area contributed by atoms with Gasteiger partial charge in [-0.1, -0.05) is 60.2 Å². The van der Waals surface area contributed by atoms with Crippen LogP contribution in [0.1, 0.15) is 33.1 Å². The minimum absolute atomic E-state index is 0.0313. The Bertz CT molecular complexity index is 946. The van der Waals surface area contributed by atoms with Crippen molar-refractivity contribution in [3.8, 4) is 0 Å². The van der Waals surface area contributed by atoms with Crippen LogP contribution in [0.15, 0.2) is 78.9 Å². The highest BCUT2D eigenvalue weighted by Gasteiger charge is 2.28. The predicted octanol–water partition coefficient (Wildman–Crippen LogP) is 4.68. The third kappa shape index (κ3) is 4.38. The molecule has 4 rings (SSSR count). The molecule has 29 heavy (non-hydrogen) atoms. The maximum Gasteiger partial charge on any atom is 0.253 e. The van der Waals surface area contributed by atoms with Crippen LogP contribution in [0.25, 0.3) is 0 Å². The maximum absolute atomic E-state index is 13.1. The molecule has 0 unspecified atom stereocenters. The second kappa shape index (κ2) is 8.58. The van der Waals surface area contributed by atoms with Crippen LogP contribution in [-0.4, -0.2) is 41.9 Å². The van der Waals surface area contributed by atoms with E-state index in [0.717, 1.165) is 13.1 Å². The minimum Gasteiger partial charge on any atom is -0.336 e. The second-order valence-corrected chi connectivity index (χ2v) is 7.56. The third-order valence-electron chi connectivity index (χ3n) is 5.57. The molecule has 1 atom stereocenters. The smallest absolute Gasteiger partial charge is 0.253 e. The van der Waals surface area contributed by atoms with Gasteiger partial charge in [-0.15, -0.1) is 0 Å². The lowest BCUT2D eigenvalue weighted by Gasteiger charge is -2.40. The van der Waals surface area contributed by atoms with Crippen LogP contribution in [0.5, 0.6) is 0 Å². The molecule has 1 aliphatic rings. The zero-order chi connectivity index (χ0) is 20.2. The van der Waals surface area contributed by atoms with Gasteiger partial charge in [-0.05, 0) is 42.3 Å². The summed E-state index contributed by atoms with van der Waals surface area (Å²) in [5, 5.41) is 0. The average molecular weight is 388 g/mol. The number of hydrogen-bond acceptors (Lipinski definition) is 2. The molecule has 0 radical (unpaired) electrons. The van der Waals surface area contributed by atoms with Crippen LogP contribution in [0.3, 0.4) is 0 Å². The Morgan fingerprint density at radius 3 is 2.00 bits per heavy atom. The number of rotatable bonds is 4. The number of carbonyl (C=O) groups is 1. The molecule has 1 aliphatic heterocycles. The van der Waals surface area contributed by atoms with Gasteiger partial charge >= 0.3 is 0 Å². The summed E-state index contributed by atoms with van der Waals surface area (Å²) in [6.07, 6.45) is 0. The van der Waals surface area contributed by atoms with Crippen LogP contribution in [-0.2, 0) is 0 Å². The van der Waals surface area contributed by atoms with Crippen molar-refractivity contribution in [2.24, 2.45) is 0 Å². The highest BCUT2D eigenvalue weighted by molar-refractivity contribution is 5.94. The van der Waals surface area contributed by atoms with E-state index in [1.807, 2.05) is 11.0 Å². The van der Waals surface area contributed by atoms with E-state index in [-0.39, 0.29) is 17.8 Å². The van der Waals surface area contributed by atoms with Crippen LogP contribution >= 0.6 is 0 Å². The molecule has 1 heterocycles. The molecule has 3 aromatic rings. The van der Waals surface area contributed by atoms with Crippen LogP contribution in [0.4, 0.5) is 4.39 Å². The molecular weight excluding hydrogens is 363 g/mol. The summed E-state index contributed by atoms with van der Waals surface area (Å²) in [4.78, 5) is 17.1. The van der Waals surface area contributed by atoms with E-state index >= 15 is 0 Å². The lowest BCUT2D eigenvalue weighted by atomic mass is 9.95. The first-order chi connectivity index (χ1) is 14.1. The number of amides is 1. The SMILES string of the molecule is Cc1ccc([C@@H](c2ccccc2)N2CCN(C(=O)c3ccc(F)cc3)CC2)cc1. The molecule has 1 fully saturated rings. The lowest BCUT2D eigenvalue weighted by Crippen LogP contribution is -2.49. The average Bonchev–Trinajstić information content (AvgIpc) is 2.77. The van der Waals surface area contributed by atoms with Gasteiger partial charge < -0.3 is 4.90 Å². The van der Waals surface area contributed by atoms with Gasteiger partial charge in [0.25, 0.3) is 5.91 Å². The van der Waals surface area contributed by atoms with E-state index < -0.39 is 0 Å². The number of halogens is 1. The van der Waals surface area contributed by atoms with Gasteiger partial charge in [0.05, 0.1) is 6.04 Å². The van der Waals surface area contributed by atoms with Crippen molar-refractivity contribution < 1.29 is 9.18 Å². The molecule has 0 spiro atoms. The summed E-state index contributed by atoms with van der Waals surface area (Å²) in [5.41, 5.74) is 4.31. The van der Waals surface area contributed by atoms with Gasteiger partial charge in [-0.25, -0.2) is 4.39 Å². The molecule has 1 saturated heterocycles. The summed E-state index contributed by atoms with van der Waals surface area (Å²) in [6, 6.07) is 25.2. The van der Waals surface area contributed by atoms with E-state index in [1.165, 1.54) is 28.8 Å². The fourth-order valence-electron chi connectivity index (χ4n) is 3.96. The van der Waals surface area contributed by atoms with Gasteiger partial charge in [0.1, 0.15) is 5.82 Å². The van der Waals surface area contributed by atoms with E-state index in [0.29, 0.717) is 18.7 Å². The van der Waals surface area contributed by atoms with Gasteiger partial charge in [-0.2, -0.15) is 0 Å². The number of aryl methyl sites for hydroxylation is 1. The zero-order valence-electron chi connectivity index (χ0n) is 16.6. The standard InChI is InChI=1S/C25H25FN2O/c1-19-7-9-21(10-8-19)24(20-5-3-2-4-6-20)27-15-17-28(18-16-27)25(29)22-11-13-23(26)14-12-22/h2-14,24H,15-18H2,1H3/t24-/m1/s1. The molecule has 148 valence electrons. The summed E-state index contributed by atoms with van der Waals surface area (Å²) in [5.74, 6) is -0.355. The molecule has 0 aromatic heterocycles. The van der Waals surface area contributed by atoms with Crippen molar-refractivity contribution in [2.75, 3.05) is 26.2 Å². The predicted molar refractivity (Wildman–Crippen MR) is 113 cm³/mol. The van der Waals surface area contributed by atoms with E-state index in [1.54, 1.807) is 12.1 Å². The van der Waals surface area contributed by atoms with Crippen LogP contribution in [0, 0.1) is 12.7 Å². The van der Waals surface area contributed by atoms with Gasteiger partial charge in [0.2, 0.25) is 0 Å². The molecule has 4 heteroatoms. The Kier molecular flexibility index (Phi) is 5.72. The van der Waals surface area contributed by atoms with Crippen LogP contribution in [0.2, 0.25) is 0 Å². The topological polar surface area (TPSA) is 23.6 Å². The summed E-state index contributed by atoms with van der Waals surface area (Å²) >= 11 is 0. The number of benzene rings is 3. The van der Waals surface area contributed by atoms with Crippen molar-refractivity contribution in [1.82, 2.24) is 9.80 Å². The summed E-state index contributed by atoms with van der Waals surface area (Å²) in [6.45, 7) is 5.00. The highest BCUT2D eigenvalue weighted by atomic mass is 19.1.